The van der Waals surface area contributed by atoms with E-state index < -0.39 is 22.9 Å². The Morgan fingerprint density at radius 2 is 2.07 bits per heavy atom. The Hall–Kier alpha value is -2.50. The molecule has 142 valence electrons. The molecule has 8 heteroatoms. The van der Waals surface area contributed by atoms with Gasteiger partial charge in [-0.3, -0.25) is 0 Å². The van der Waals surface area contributed by atoms with E-state index in [0.717, 1.165) is 16.9 Å². The molecule has 0 spiro atoms. The third-order valence-corrected chi connectivity index (χ3v) is 6.16. The molecule has 1 aliphatic carbocycles. The zero-order valence-electron chi connectivity index (χ0n) is 14.4. The first-order chi connectivity index (χ1) is 12.9. The molecule has 1 aliphatic rings. The lowest BCUT2D eigenvalue weighted by Gasteiger charge is -2.23. The van der Waals surface area contributed by atoms with Gasteiger partial charge in [0.05, 0.1) is 23.1 Å². The van der Waals surface area contributed by atoms with E-state index in [1.54, 1.807) is 24.3 Å². The number of halogens is 1. The number of hydrogen-bond acceptors (Lipinski definition) is 6. The number of aromatic carboxylic acids is 1. The van der Waals surface area contributed by atoms with Gasteiger partial charge < -0.3 is 15.3 Å². The van der Waals surface area contributed by atoms with Gasteiger partial charge in [-0.05, 0) is 49.3 Å². The van der Waals surface area contributed by atoms with Crippen LogP contribution in [0.25, 0.3) is 0 Å². The number of nitrogens with zero attached hydrogens (tertiary/aromatic N) is 2. The van der Waals surface area contributed by atoms with Crippen molar-refractivity contribution in [3.8, 4) is 11.8 Å². The van der Waals surface area contributed by atoms with Gasteiger partial charge in [0.2, 0.25) is 5.95 Å². The molecule has 0 saturated heterocycles. The van der Waals surface area contributed by atoms with Gasteiger partial charge in [0.25, 0.3) is 0 Å². The predicted molar refractivity (Wildman–Crippen MR) is 96.0 cm³/mol. The van der Waals surface area contributed by atoms with E-state index >= 15 is 0 Å². The van der Waals surface area contributed by atoms with E-state index in [2.05, 4.69) is 11.1 Å². The smallest absolute Gasteiger partial charge is 0.350 e. The monoisotopic (exact) mass is 390 g/mol. The number of phenols is 1. The number of carbonyl (C=O) groups is 1. The number of benzene rings is 1. The lowest BCUT2D eigenvalue weighted by Crippen LogP contribution is -2.18. The minimum absolute atomic E-state index is 0.0710. The molecule has 2 unspecified atom stereocenters. The third-order valence-electron chi connectivity index (χ3n) is 5.08. The van der Waals surface area contributed by atoms with Crippen LogP contribution in [0.5, 0.6) is 5.75 Å². The summed E-state index contributed by atoms with van der Waals surface area (Å²) in [4.78, 5) is 14.2. The molecule has 1 saturated carbocycles. The maximum absolute atomic E-state index is 13.5. The molecule has 1 aromatic heterocycles. The van der Waals surface area contributed by atoms with Crippen LogP contribution < -0.4 is 0 Å². The number of aryl methyl sites for hydroxylation is 1. The van der Waals surface area contributed by atoms with Crippen LogP contribution in [0.1, 0.15) is 45.4 Å². The first-order valence-corrected chi connectivity index (χ1v) is 9.47. The Bertz CT molecular complexity index is 862. The Balaban J connectivity index is 1.70. The fourth-order valence-corrected chi connectivity index (χ4v) is 4.71. The van der Waals surface area contributed by atoms with E-state index in [4.69, 9.17) is 5.11 Å². The van der Waals surface area contributed by atoms with Gasteiger partial charge >= 0.3 is 5.97 Å². The van der Waals surface area contributed by atoms with E-state index in [9.17, 15) is 24.7 Å². The Labute approximate surface area is 159 Å². The number of aliphatic hydroxyl groups excluding tert-OH is 1. The van der Waals surface area contributed by atoms with Crippen molar-refractivity contribution >= 4 is 17.3 Å². The molecule has 6 nitrogen and oxygen atoms in total. The lowest BCUT2D eigenvalue weighted by molar-refractivity contribution is 0.0697. The zero-order chi connectivity index (χ0) is 19.6. The van der Waals surface area contributed by atoms with Crippen LogP contribution in [-0.2, 0) is 6.42 Å². The first kappa shape index (κ1) is 19.3. The van der Waals surface area contributed by atoms with Gasteiger partial charge in [-0.15, -0.1) is 11.3 Å². The van der Waals surface area contributed by atoms with Crippen molar-refractivity contribution in [2.45, 2.75) is 37.7 Å². The second kappa shape index (κ2) is 8.03. The van der Waals surface area contributed by atoms with Gasteiger partial charge in [-0.1, -0.05) is 12.1 Å². The van der Waals surface area contributed by atoms with Crippen molar-refractivity contribution in [3.63, 3.8) is 0 Å². The lowest BCUT2D eigenvalue weighted by atomic mass is 9.81. The largest absolute Gasteiger partial charge is 0.508 e. The molecule has 0 radical (unpaired) electrons. The summed E-state index contributed by atoms with van der Waals surface area (Å²) in [6, 6.07) is 8.90. The maximum atomic E-state index is 13.5. The molecule has 1 aromatic carbocycles. The topological polar surface area (TPSA) is 114 Å². The first-order valence-electron chi connectivity index (χ1n) is 8.65. The van der Waals surface area contributed by atoms with Crippen LogP contribution in [0.3, 0.4) is 0 Å². The summed E-state index contributed by atoms with van der Waals surface area (Å²) in [6.07, 6.45) is 1.41. The molecule has 0 aliphatic heterocycles. The van der Waals surface area contributed by atoms with Gasteiger partial charge in [-0.25, -0.2) is 9.78 Å². The predicted octanol–water partition coefficient (Wildman–Crippen LogP) is 3.31. The number of aromatic hydroxyl groups is 1. The molecule has 3 N–H and O–H groups in total. The Morgan fingerprint density at radius 3 is 2.67 bits per heavy atom. The summed E-state index contributed by atoms with van der Waals surface area (Å²) >= 11 is 0.828. The van der Waals surface area contributed by atoms with Crippen molar-refractivity contribution in [2.75, 3.05) is 0 Å². The summed E-state index contributed by atoms with van der Waals surface area (Å²) in [6.45, 7) is 0. The highest BCUT2D eigenvalue weighted by Gasteiger charge is 2.43. The highest BCUT2D eigenvalue weighted by molar-refractivity contribution is 7.13. The summed E-state index contributed by atoms with van der Waals surface area (Å²) in [5.74, 6) is -2.72. The molecule has 3 rings (SSSR count). The highest BCUT2D eigenvalue weighted by atomic mass is 32.1. The van der Waals surface area contributed by atoms with Gasteiger partial charge in [0.15, 0.2) is 4.88 Å². The molecule has 1 heterocycles. The average Bonchev–Trinajstić information content (AvgIpc) is 3.16. The van der Waals surface area contributed by atoms with Crippen LogP contribution in [0.15, 0.2) is 24.3 Å². The van der Waals surface area contributed by atoms with Crippen molar-refractivity contribution in [2.24, 2.45) is 11.8 Å². The molecular formula is C19H19FN2O4S. The minimum atomic E-state index is -1.33. The SMILES string of the molecule is N#C[C@@H]1C[C@@H](O)C(c2ccc(O)cc2)C1CCCc1nc(F)c(C(=O)O)s1. The second-order valence-electron chi connectivity index (χ2n) is 6.74. The van der Waals surface area contributed by atoms with Crippen molar-refractivity contribution in [3.05, 3.63) is 45.7 Å². The number of phenolic OH excluding ortho intramolecular Hbond substituents is 1. The zero-order valence-corrected chi connectivity index (χ0v) is 15.2. The summed E-state index contributed by atoms with van der Waals surface area (Å²) in [5, 5.41) is 38.7. The van der Waals surface area contributed by atoms with Crippen LogP contribution in [0, 0.1) is 29.1 Å². The molecule has 0 bridgehead atoms. The number of aliphatic hydroxyl groups is 1. The van der Waals surface area contributed by atoms with Crippen LogP contribution in [-0.4, -0.2) is 32.4 Å². The van der Waals surface area contributed by atoms with Crippen molar-refractivity contribution in [1.82, 2.24) is 4.98 Å². The van der Waals surface area contributed by atoms with Gasteiger partial charge in [0.1, 0.15) is 5.75 Å². The van der Waals surface area contributed by atoms with Crippen molar-refractivity contribution < 1.29 is 24.5 Å². The van der Waals surface area contributed by atoms with Crippen LogP contribution in [0.4, 0.5) is 4.39 Å². The van der Waals surface area contributed by atoms with E-state index in [1.165, 1.54) is 0 Å². The van der Waals surface area contributed by atoms with E-state index in [1.807, 2.05) is 0 Å². The summed E-state index contributed by atoms with van der Waals surface area (Å²) < 4.78 is 13.5. The number of hydrogen-bond donors (Lipinski definition) is 3. The average molecular weight is 390 g/mol. The number of aromatic nitrogens is 1. The summed E-state index contributed by atoms with van der Waals surface area (Å²) in [5.41, 5.74) is 0.872. The fourth-order valence-electron chi connectivity index (χ4n) is 3.88. The fraction of sp³-hybridized carbons (Fsp3) is 0.421. The van der Waals surface area contributed by atoms with Crippen LogP contribution in [0.2, 0.25) is 0 Å². The van der Waals surface area contributed by atoms with Gasteiger partial charge in [0, 0.05) is 5.92 Å². The molecular weight excluding hydrogens is 371 g/mol. The third kappa shape index (κ3) is 4.10. The quantitative estimate of drug-likeness (QED) is 0.697. The molecule has 4 atom stereocenters. The minimum Gasteiger partial charge on any atom is -0.508 e. The standard InChI is InChI=1S/C19H19FN2O4S/c20-18-17(19(25)26)27-15(22-18)3-1-2-13-11(9-21)8-14(24)16(13)10-4-6-12(23)7-5-10/h4-7,11,13-14,16,23-24H,1-3,8H2,(H,25,26)/t11-,13?,14+,16?/m0/s1. The Kier molecular flexibility index (Phi) is 5.73. The summed E-state index contributed by atoms with van der Waals surface area (Å²) in [7, 11) is 0. The number of nitriles is 1. The molecule has 0 amide bonds. The molecule has 1 fully saturated rings. The van der Waals surface area contributed by atoms with Gasteiger partial charge in [-0.2, -0.15) is 9.65 Å². The normalized spacial score (nSPS) is 24.6. The number of carboxylic acid groups (broad SMARTS) is 1. The maximum Gasteiger partial charge on any atom is 0.350 e. The highest BCUT2D eigenvalue weighted by Crippen LogP contribution is 2.46. The number of carboxylic acids is 1. The van der Waals surface area contributed by atoms with E-state index in [-0.39, 0.29) is 23.5 Å². The molecule has 2 aromatic rings. The Morgan fingerprint density at radius 1 is 1.37 bits per heavy atom. The number of rotatable bonds is 6. The molecule has 27 heavy (non-hydrogen) atoms. The van der Waals surface area contributed by atoms with E-state index in [0.29, 0.717) is 30.7 Å². The number of thiazole rings is 1. The van der Waals surface area contributed by atoms with Crippen LogP contribution >= 0.6 is 11.3 Å². The second-order valence-corrected chi connectivity index (χ2v) is 7.83. The van der Waals surface area contributed by atoms with Crippen molar-refractivity contribution in [1.29, 1.82) is 5.26 Å².